The number of benzene rings is 2. The van der Waals surface area contributed by atoms with Crippen LogP contribution in [0.2, 0.25) is 5.02 Å². The van der Waals surface area contributed by atoms with Gasteiger partial charge in [-0.2, -0.15) is 0 Å². The maximum atomic E-state index is 13.2. The maximum absolute atomic E-state index is 13.2. The molecule has 1 amide bonds. The van der Waals surface area contributed by atoms with Gasteiger partial charge in [-0.25, -0.2) is 4.39 Å². The van der Waals surface area contributed by atoms with Gasteiger partial charge < -0.3 is 10.1 Å². The Bertz CT molecular complexity index is 872. The fourth-order valence-corrected chi connectivity index (χ4v) is 2.23. The van der Waals surface area contributed by atoms with Crippen LogP contribution in [0.25, 0.3) is 0 Å². The lowest BCUT2D eigenvalue weighted by molar-refractivity contribution is 0.102. The SMILES string of the molecule is O=C(Nc1ccc(Oc2cccc(F)c2)c(Cl)c1)c1ccccn1. The van der Waals surface area contributed by atoms with E-state index in [1.165, 1.54) is 18.3 Å². The second kappa shape index (κ2) is 7.10. The molecule has 0 radical (unpaired) electrons. The van der Waals surface area contributed by atoms with Crippen molar-refractivity contribution in [3.63, 3.8) is 0 Å². The number of nitrogens with zero attached hydrogens (tertiary/aromatic N) is 1. The summed E-state index contributed by atoms with van der Waals surface area (Å²) in [5.41, 5.74) is 0.802. The molecule has 0 saturated carbocycles. The highest BCUT2D eigenvalue weighted by atomic mass is 35.5. The highest BCUT2D eigenvalue weighted by Crippen LogP contribution is 2.32. The summed E-state index contributed by atoms with van der Waals surface area (Å²) in [5, 5.41) is 2.99. The number of hydrogen-bond acceptors (Lipinski definition) is 3. The second-order valence-electron chi connectivity index (χ2n) is 4.87. The molecule has 0 spiro atoms. The molecule has 120 valence electrons. The van der Waals surface area contributed by atoms with Crippen molar-refractivity contribution >= 4 is 23.2 Å². The Morgan fingerprint density at radius 1 is 1.08 bits per heavy atom. The minimum atomic E-state index is -0.400. The van der Waals surface area contributed by atoms with Gasteiger partial charge in [0.1, 0.15) is 23.0 Å². The summed E-state index contributed by atoms with van der Waals surface area (Å²) in [5.74, 6) is -0.0476. The van der Waals surface area contributed by atoms with Gasteiger partial charge in [0.05, 0.1) is 5.02 Å². The van der Waals surface area contributed by atoms with Crippen molar-refractivity contribution in [3.8, 4) is 11.5 Å². The van der Waals surface area contributed by atoms with Crippen LogP contribution in [0.1, 0.15) is 10.5 Å². The third kappa shape index (κ3) is 3.88. The van der Waals surface area contributed by atoms with E-state index < -0.39 is 5.82 Å². The number of pyridine rings is 1. The van der Waals surface area contributed by atoms with E-state index in [4.69, 9.17) is 16.3 Å². The Labute approximate surface area is 142 Å². The van der Waals surface area contributed by atoms with Crippen LogP contribution in [0.5, 0.6) is 11.5 Å². The van der Waals surface area contributed by atoms with E-state index in [1.54, 1.807) is 48.5 Å². The lowest BCUT2D eigenvalue weighted by Gasteiger charge is -2.10. The average Bonchev–Trinajstić information content (AvgIpc) is 2.58. The van der Waals surface area contributed by atoms with E-state index in [0.29, 0.717) is 22.9 Å². The first-order valence-corrected chi connectivity index (χ1v) is 7.45. The van der Waals surface area contributed by atoms with Gasteiger partial charge in [-0.1, -0.05) is 23.7 Å². The maximum Gasteiger partial charge on any atom is 0.274 e. The van der Waals surface area contributed by atoms with E-state index in [9.17, 15) is 9.18 Å². The normalized spacial score (nSPS) is 10.2. The Morgan fingerprint density at radius 3 is 2.67 bits per heavy atom. The smallest absolute Gasteiger partial charge is 0.274 e. The van der Waals surface area contributed by atoms with Crippen molar-refractivity contribution in [1.29, 1.82) is 0 Å². The molecule has 3 rings (SSSR count). The topological polar surface area (TPSA) is 51.2 Å². The molecule has 1 heterocycles. The molecule has 3 aromatic rings. The van der Waals surface area contributed by atoms with E-state index in [1.807, 2.05) is 0 Å². The lowest BCUT2D eigenvalue weighted by Crippen LogP contribution is -2.13. The zero-order valence-corrected chi connectivity index (χ0v) is 13.1. The summed E-state index contributed by atoms with van der Waals surface area (Å²) in [6.45, 7) is 0. The molecular formula is C18H12ClFN2O2. The molecule has 1 aromatic heterocycles. The molecule has 4 nitrogen and oxygen atoms in total. The Balaban J connectivity index is 1.74. The van der Waals surface area contributed by atoms with E-state index in [-0.39, 0.29) is 10.9 Å². The molecule has 0 aliphatic carbocycles. The van der Waals surface area contributed by atoms with Crippen LogP contribution >= 0.6 is 11.6 Å². The number of carbonyl (C=O) groups is 1. The molecule has 2 aromatic carbocycles. The Morgan fingerprint density at radius 2 is 1.96 bits per heavy atom. The van der Waals surface area contributed by atoms with Crippen molar-refractivity contribution in [1.82, 2.24) is 4.98 Å². The summed E-state index contributed by atoms with van der Waals surface area (Å²) in [4.78, 5) is 16.0. The van der Waals surface area contributed by atoms with Crippen molar-refractivity contribution in [2.75, 3.05) is 5.32 Å². The van der Waals surface area contributed by atoms with Crippen LogP contribution in [0, 0.1) is 5.82 Å². The lowest BCUT2D eigenvalue weighted by atomic mass is 10.2. The highest BCUT2D eigenvalue weighted by Gasteiger charge is 2.09. The number of amides is 1. The molecule has 24 heavy (non-hydrogen) atoms. The van der Waals surface area contributed by atoms with Crippen LogP contribution in [-0.4, -0.2) is 10.9 Å². The minimum Gasteiger partial charge on any atom is -0.456 e. The van der Waals surface area contributed by atoms with Gasteiger partial charge in [-0.3, -0.25) is 9.78 Å². The molecule has 0 unspecified atom stereocenters. The summed E-state index contributed by atoms with van der Waals surface area (Å²) in [6.07, 6.45) is 1.54. The third-order valence-corrected chi connectivity index (χ3v) is 3.41. The Kier molecular flexibility index (Phi) is 4.72. The van der Waals surface area contributed by atoms with Gasteiger partial charge in [-0.05, 0) is 42.5 Å². The first-order chi connectivity index (χ1) is 11.6. The van der Waals surface area contributed by atoms with Crippen molar-refractivity contribution in [2.45, 2.75) is 0 Å². The van der Waals surface area contributed by atoms with Gasteiger partial charge in [0, 0.05) is 18.0 Å². The highest BCUT2D eigenvalue weighted by molar-refractivity contribution is 6.32. The number of nitrogens with one attached hydrogen (secondary N) is 1. The number of rotatable bonds is 4. The third-order valence-electron chi connectivity index (χ3n) is 3.11. The first kappa shape index (κ1) is 16.0. The number of halogens is 2. The number of ether oxygens (including phenoxy) is 1. The molecule has 0 atom stereocenters. The second-order valence-corrected chi connectivity index (χ2v) is 5.28. The van der Waals surface area contributed by atoms with Crippen molar-refractivity contribution in [3.05, 3.63) is 83.4 Å². The zero-order valence-electron chi connectivity index (χ0n) is 12.4. The predicted molar refractivity (Wildman–Crippen MR) is 90.1 cm³/mol. The van der Waals surface area contributed by atoms with Crippen LogP contribution in [0.4, 0.5) is 10.1 Å². The largest absolute Gasteiger partial charge is 0.456 e. The summed E-state index contributed by atoms with van der Waals surface area (Å²) in [6, 6.07) is 15.6. The van der Waals surface area contributed by atoms with Crippen LogP contribution in [-0.2, 0) is 0 Å². The molecule has 0 bridgehead atoms. The Hall–Kier alpha value is -2.92. The fourth-order valence-electron chi connectivity index (χ4n) is 2.01. The summed E-state index contributed by atoms with van der Waals surface area (Å²) in [7, 11) is 0. The van der Waals surface area contributed by atoms with Crippen LogP contribution in [0.15, 0.2) is 66.9 Å². The van der Waals surface area contributed by atoms with Crippen LogP contribution < -0.4 is 10.1 Å². The molecule has 6 heteroatoms. The van der Waals surface area contributed by atoms with E-state index in [2.05, 4.69) is 10.3 Å². The number of hydrogen-bond donors (Lipinski definition) is 1. The fraction of sp³-hybridized carbons (Fsp3) is 0. The molecule has 1 N–H and O–H groups in total. The van der Waals surface area contributed by atoms with Gasteiger partial charge >= 0.3 is 0 Å². The van der Waals surface area contributed by atoms with Gasteiger partial charge in [0.25, 0.3) is 5.91 Å². The summed E-state index contributed by atoms with van der Waals surface area (Å²) >= 11 is 6.16. The minimum absolute atomic E-state index is 0.290. The van der Waals surface area contributed by atoms with E-state index in [0.717, 1.165) is 0 Å². The average molecular weight is 343 g/mol. The molecule has 0 aliphatic heterocycles. The van der Waals surface area contributed by atoms with Crippen LogP contribution in [0.3, 0.4) is 0 Å². The standard InChI is InChI=1S/C18H12ClFN2O2/c19-15-11-13(22-18(23)16-6-1-2-9-21-16)7-8-17(15)24-14-5-3-4-12(20)10-14/h1-11H,(H,22,23). The van der Waals surface area contributed by atoms with Crippen molar-refractivity contribution in [2.24, 2.45) is 0 Å². The summed E-state index contributed by atoms with van der Waals surface area (Å²) < 4.78 is 18.7. The molecule has 0 saturated heterocycles. The number of anilines is 1. The van der Waals surface area contributed by atoms with Crippen molar-refractivity contribution < 1.29 is 13.9 Å². The molecule has 0 aliphatic rings. The quantitative estimate of drug-likeness (QED) is 0.732. The molecule has 0 fully saturated rings. The van der Waals surface area contributed by atoms with E-state index >= 15 is 0 Å². The zero-order chi connectivity index (χ0) is 16.9. The number of carbonyl (C=O) groups excluding carboxylic acids is 1. The monoisotopic (exact) mass is 342 g/mol. The molecular weight excluding hydrogens is 331 g/mol. The first-order valence-electron chi connectivity index (χ1n) is 7.07. The van der Waals surface area contributed by atoms with Gasteiger partial charge in [-0.15, -0.1) is 0 Å². The predicted octanol–water partition coefficient (Wildman–Crippen LogP) is 4.92. The van der Waals surface area contributed by atoms with Gasteiger partial charge in [0.2, 0.25) is 0 Å². The van der Waals surface area contributed by atoms with Gasteiger partial charge in [0.15, 0.2) is 0 Å². The number of aromatic nitrogens is 1.